The number of thiophene rings is 1. The lowest BCUT2D eigenvalue weighted by atomic mass is 10.3. The zero-order valence-corrected chi connectivity index (χ0v) is 17.9. The zero-order valence-electron chi connectivity index (χ0n) is 16.3. The van der Waals surface area contributed by atoms with E-state index in [9.17, 15) is 13.2 Å². The van der Waals surface area contributed by atoms with Gasteiger partial charge in [-0.05, 0) is 18.2 Å². The summed E-state index contributed by atoms with van der Waals surface area (Å²) in [7, 11) is -3.56. The van der Waals surface area contributed by atoms with Crippen molar-refractivity contribution < 1.29 is 13.2 Å². The molecule has 3 aromatic rings. The molecule has 30 heavy (non-hydrogen) atoms. The normalized spacial score (nSPS) is 15.3. The molecule has 1 aliphatic heterocycles. The van der Waals surface area contributed by atoms with Crippen LogP contribution in [0.15, 0.2) is 47.2 Å². The van der Waals surface area contributed by atoms with Crippen molar-refractivity contribution in [3.8, 4) is 5.82 Å². The number of sulfonamides is 1. The number of aromatic nitrogens is 4. The number of amides is 1. The highest BCUT2D eigenvalue weighted by Gasteiger charge is 2.30. The van der Waals surface area contributed by atoms with Crippen LogP contribution in [0.2, 0.25) is 0 Å². The number of anilines is 1. The van der Waals surface area contributed by atoms with Crippen molar-refractivity contribution in [2.75, 3.05) is 31.1 Å². The zero-order chi connectivity index (χ0) is 21.1. The summed E-state index contributed by atoms with van der Waals surface area (Å²) in [6.45, 7) is 3.54. The van der Waals surface area contributed by atoms with Gasteiger partial charge in [0.05, 0.1) is 6.54 Å². The molecule has 12 heteroatoms. The molecule has 0 unspecified atom stereocenters. The Morgan fingerprint density at radius 1 is 1.17 bits per heavy atom. The minimum atomic E-state index is -3.56. The van der Waals surface area contributed by atoms with Gasteiger partial charge in [-0.3, -0.25) is 4.79 Å². The van der Waals surface area contributed by atoms with E-state index in [1.807, 2.05) is 17.0 Å². The van der Waals surface area contributed by atoms with Crippen LogP contribution in [-0.4, -0.2) is 64.6 Å². The summed E-state index contributed by atoms with van der Waals surface area (Å²) in [6.07, 6.45) is 4.97. The van der Waals surface area contributed by atoms with Gasteiger partial charge in [0.1, 0.15) is 16.4 Å². The van der Waals surface area contributed by atoms with E-state index < -0.39 is 10.0 Å². The van der Waals surface area contributed by atoms with Gasteiger partial charge >= 0.3 is 0 Å². The van der Waals surface area contributed by atoms with Crippen LogP contribution in [0.1, 0.15) is 11.8 Å². The van der Waals surface area contributed by atoms with E-state index >= 15 is 0 Å². The molecule has 0 atom stereocenters. The molecule has 10 nitrogen and oxygen atoms in total. The van der Waals surface area contributed by atoms with Crippen molar-refractivity contribution in [2.24, 2.45) is 0 Å². The summed E-state index contributed by atoms with van der Waals surface area (Å²) >= 11 is 1.18. The van der Waals surface area contributed by atoms with Gasteiger partial charge in [0.2, 0.25) is 5.91 Å². The molecule has 0 aromatic carbocycles. The number of piperazine rings is 1. The largest absolute Gasteiger partial charge is 0.354 e. The average Bonchev–Trinajstić information content (AvgIpc) is 3.45. The monoisotopic (exact) mass is 447 g/mol. The second-order valence-electron chi connectivity index (χ2n) is 6.71. The van der Waals surface area contributed by atoms with Crippen LogP contribution in [-0.2, 0) is 21.4 Å². The maximum absolute atomic E-state index is 13.0. The van der Waals surface area contributed by atoms with Gasteiger partial charge in [-0.2, -0.15) is 9.40 Å². The summed E-state index contributed by atoms with van der Waals surface area (Å²) in [5, 5.41) is 6.86. The van der Waals surface area contributed by atoms with E-state index in [-0.39, 0.29) is 5.91 Å². The fourth-order valence-corrected chi connectivity index (χ4v) is 6.00. The van der Waals surface area contributed by atoms with Gasteiger partial charge in [0.25, 0.3) is 10.0 Å². The first-order chi connectivity index (χ1) is 14.4. The highest BCUT2D eigenvalue weighted by Crippen LogP contribution is 2.26. The molecule has 1 fully saturated rings. The lowest BCUT2D eigenvalue weighted by Gasteiger charge is -2.34. The molecule has 0 spiro atoms. The summed E-state index contributed by atoms with van der Waals surface area (Å²) in [4.78, 5) is 22.5. The quantitative estimate of drug-likeness (QED) is 0.596. The Kier molecular flexibility index (Phi) is 5.79. The maximum atomic E-state index is 13.0. The van der Waals surface area contributed by atoms with Gasteiger partial charge in [0, 0.05) is 56.4 Å². The Hall–Kier alpha value is -2.83. The van der Waals surface area contributed by atoms with Crippen molar-refractivity contribution in [3.05, 3.63) is 47.9 Å². The van der Waals surface area contributed by atoms with Crippen molar-refractivity contribution >= 4 is 33.1 Å². The molecule has 1 N–H and O–H groups in total. The molecule has 4 rings (SSSR count). The smallest absolute Gasteiger partial charge is 0.252 e. The van der Waals surface area contributed by atoms with Crippen LogP contribution in [0.4, 0.5) is 5.82 Å². The van der Waals surface area contributed by atoms with Crippen molar-refractivity contribution in [1.82, 2.24) is 29.4 Å². The number of carbonyl (C=O) groups is 1. The number of carbonyl (C=O) groups excluding carboxylic acids is 1. The first-order valence-electron chi connectivity index (χ1n) is 9.34. The lowest BCUT2D eigenvalue weighted by Crippen LogP contribution is -2.48. The summed E-state index contributed by atoms with van der Waals surface area (Å²) in [6, 6.07) is 6.99. The molecule has 1 aliphatic rings. The van der Waals surface area contributed by atoms with Crippen LogP contribution < -0.4 is 10.2 Å². The highest BCUT2D eigenvalue weighted by atomic mass is 32.2. The Morgan fingerprint density at radius 2 is 1.93 bits per heavy atom. The van der Waals surface area contributed by atoms with E-state index in [1.165, 1.54) is 28.9 Å². The SMILES string of the molecule is CC(=O)NCc1ccc(S(=O)(=O)N2CCN(c3cc(-n4cccn4)ncn3)CC2)s1. The third-order valence-electron chi connectivity index (χ3n) is 4.68. The molecule has 1 amide bonds. The Bertz CT molecular complexity index is 1120. The van der Waals surface area contributed by atoms with Crippen molar-refractivity contribution in [2.45, 2.75) is 17.7 Å². The molecule has 3 aromatic heterocycles. The fourth-order valence-electron chi connectivity index (χ4n) is 3.13. The lowest BCUT2D eigenvalue weighted by molar-refractivity contribution is -0.119. The second-order valence-corrected chi connectivity index (χ2v) is 10.0. The van der Waals surface area contributed by atoms with Gasteiger partial charge in [-0.1, -0.05) is 0 Å². The molecule has 0 aliphatic carbocycles. The summed E-state index contributed by atoms with van der Waals surface area (Å²) < 4.78 is 29.4. The third-order valence-corrected chi connectivity index (χ3v) is 8.13. The predicted molar refractivity (Wildman–Crippen MR) is 112 cm³/mol. The fraction of sp³-hybridized carbons (Fsp3) is 0.333. The Morgan fingerprint density at radius 3 is 2.63 bits per heavy atom. The van der Waals surface area contributed by atoms with Crippen molar-refractivity contribution in [1.29, 1.82) is 0 Å². The number of nitrogens with one attached hydrogen (secondary N) is 1. The van der Waals surface area contributed by atoms with E-state index in [2.05, 4.69) is 20.4 Å². The second kappa shape index (κ2) is 8.50. The van der Waals surface area contributed by atoms with Crippen LogP contribution in [0.5, 0.6) is 0 Å². The maximum Gasteiger partial charge on any atom is 0.252 e. The number of nitrogens with zero attached hydrogens (tertiary/aromatic N) is 6. The number of hydrogen-bond donors (Lipinski definition) is 1. The molecular weight excluding hydrogens is 426 g/mol. The number of rotatable bonds is 6. The molecule has 0 radical (unpaired) electrons. The van der Waals surface area contributed by atoms with Gasteiger partial charge < -0.3 is 10.2 Å². The van der Waals surface area contributed by atoms with E-state index in [4.69, 9.17) is 0 Å². The van der Waals surface area contributed by atoms with Gasteiger partial charge in [-0.25, -0.2) is 23.1 Å². The number of hydrogen-bond acceptors (Lipinski definition) is 8. The van der Waals surface area contributed by atoms with E-state index in [1.54, 1.807) is 29.2 Å². The highest BCUT2D eigenvalue weighted by molar-refractivity contribution is 7.91. The first-order valence-corrected chi connectivity index (χ1v) is 11.6. The Labute approximate surface area is 178 Å². The molecule has 4 heterocycles. The molecule has 158 valence electrons. The third kappa shape index (κ3) is 4.35. The van der Waals surface area contributed by atoms with Crippen LogP contribution in [0.25, 0.3) is 5.82 Å². The minimum absolute atomic E-state index is 0.149. The molecule has 0 saturated carbocycles. The minimum Gasteiger partial charge on any atom is -0.354 e. The topological polar surface area (TPSA) is 113 Å². The van der Waals surface area contributed by atoms with Crippen LogP contribution >= 0.6 is 11.3 Å². The van der Waals surface area contributed by atoms with Crippen molar-refractivity contribution in [3.63, 3.8) is 0 Å². The van der Waals surface area contributed by atoms with Gasteiger partial charge in [-0.15, -0.1) is 11.3 Å². The molecule has 0 bridgehead atoms. The van der Waals surface area contributed by atoms with E-state index in [0.717, 1.165) is 10.7 Å². The summed E-state index contributed by atoms with van der Waals surface area (Å²) in [5.74, 6) is 1.25. The van der Waals surface area contributed by atoms with E-state index in [0.29, 0.717) is 42.8 Å². The van der Waals surface area contributed by atoms with Crippen LogP contribution in [0.3, 0.4) is 0 Å². The predicted octanol–water partition coefficient (Wildman–Crippen LogP) is 0.871. The standard InChI is InChI=1S/C18H21N7O3S2/c1-14(26)19-12-15-3-4-18(29-15)30(27,28)24-9-7-23(8-10-24)16-11-17(21-13-20-16)25-6-2-5-22-25/h2-6,11,13H,7-10,12H2,1H3,(H,19,26). The molecular formula is C18H21N7O3S2. The summed E-state index contributed by atoms with van der Waals surface area (Å²) in [5.41, 5.74) is 0. The first kappa shape index (κ1) is 20.4. The van der Waals surface area contributed by atoms with Gasteiger partial charge in [0.15, 0.2) is 5.82 Å². The average molecular weight is 448 g/mol. The molecule has 1 saturated heterocycles. The van der Waals surface area contributed by atoms with Crippen LogP contribution in [0, 0.1) is 0 Å². The Balaban J connectivity index is 1.42.